The first-order valence-electron chi connectivity index (χ1n) is 6.36. The molecule has 0 aromatic carbocycles. The van der Waals surface area contributed by atoms with Crippen LogP contribution in [-0.2, 0) is 4.74 Å². The summed E-state index contributed by atoms with van der Waals surface area (Å²) in [6, 6.07) is 0. The van der Waals surface area contributed by atoms with Crippen molar-refractivity contribution in [1.82, 2.24) is 4.90 Å². The van der Waals surface area contributed by atoms with Crippen molar-refractivity contribution in [2.24, 2.45) is 11.7 Å². The summed E-state index contributed by atoms with van der Waals surface area (Å²) in [5.41, 5.74) is 5.53. The molecule has 2 heterocycles. The smallest absolute Gasteiger partial charge is 0.0707 e. The first-order chi connectivity index (χ1) is 7.28. The average Bonchev–Trinajstić information content (AvgIpc) is 2.55. The molecule has 2 aliphatic rings. The molecule has 2 rings (SSSR count). The molecule has 0 saturated carbocycles. The number of nitrogens with two attached hydrogens (primary N) is 1. The maximum Gasteiger partial charge on any atom is 0.0707 e. The molecule has 2 bridgehead atoms. The molecule has 2 N–H and O–H groups in total. The lowest BCUT2D eigenvalue weighted by Gasteiger charge is -2.33. The maximum atomic E-state index is 5.83. The van der Waals surface area contributed by atoms with E-state index in [9.17, 15) is 0 Å². The van der Waals surface area contributed by atoms with Gasteiger partial charge in [-0.25, -0.2) is 0 Å². The second kappa shape index (κ2) is 5.28. The first-order valence-corrected chi connectivity index (χ1v) is 6.36. The maximum absolute atomic E-state index is 5.83. The molecule has 0 aromatic heterocycles. The van der Waals surface area contributed by atoms with Gasteiger partial charge in [-0.15, -0.1) is 0 Å². The van der Waals surface area contributed by atoms with Gasteiger partial charge >= 0.3 is 0 Å². The second-order valence-electron chi connectivity index (χ2n) is 5.21. The molecule has 3 heteroatoms. The highest BCUT2D eigenvalue weighted by Crippen LogP contribution is 2.26. The van der Waals surface area contributed by atoms with Crippen LogP contribution in [0.2, 0.25) is 0 Å². The van der Waals surface area contributed by atoms with Crippen LogP contribution in [0.3, 0.4) is 0 Å². The minimum absolute atomic E-state index is 0.533. The topological polar surface area (TPSA) is 38.5 Å². The summed E-state index contributed by atoms with van der Waals surface area (Å²) in [7, 11) is 0. The molecule has 2 saturated heterocycles. The Bertz CT molecular complexity index is 186. The number of hydrogen-bond donors (Lipinski definition) is 1. The molecule has 2 aliphatic heterocycles. The summed E-state index contributed by atoms with van der Waals surface area (Å²) in [4.78, 5) is 2.59. The highest BCUT2D eigenvalue weighted by molar-refractivity contribution is 4.85. The fraction of sp³-hybridized carbons (Fsp3) is 1.00. The summed E-state index contributed by atoms with van der Waals surface area (Å²) in [5, 5.41) is 0. The van der Waals surface area contributed by atoms with Crippen molar-refractivity contribution in [3.63, 3.8) is 0 Å². The van der Waals surface area contributed by atoms with Gasteiger partial charge in [-0.05, 0) is 38.1 Å². The monoisotopic (exact) mass is 212 g/mol. The molecule has 0 amide bonds. The molecule has 3 unspecified atom stereocenters. The minimum Gasteiger partial charge on any atom is -0.372 e. The average molecular weight is 212 g/mol. The van der Waals surface area contributed by atoms with Gasteiger partial charge in [-0.3, -0.25) is 4.90 Å². The largest absolute Gasteiger partial charge is 0.372 e. The molecule has 0 radical (unpaired) electrons. The molecule has 0 spiro atoms. The number of hydrogen-bond acceptors (Lipinski definition) is 3. The standard InChI is InChI=1S/C12H24N2O/c1-10(3-2-6-13)7-14-8-11-4-5-12(9-14)15-11/h10-12H,2-9,13H2,1H3. The summed E-state index contributed by atoms with van der Waals surface area (Å²) in [6.45, 7) is 6.72. The zero-order valence-electron chi connectivity index (χ0n) is 9.82. The van der Waals surface area contributed by atoms with E-state index >= 15 is 0 Å². The van der Waals surface area contributed by atoms with Crippen molar-refractivity contribution in [1.29, 1.82) is 0 Å². The SMILES string of the molecule is CC(CCCN)CN1CC2CCC(C1)O2. The van der Waals surface area contributed by atoms with Crippen LogP contribution in [0.5, 0.6) is 0 Å². The van der Waals surface area contributed by atoms with Gasteiger partial charge in [0.25, 0.3) is 0 Å². The van der Waals surface area contributed by atoms with Crippen LogP contribution in [0.4, 0.5) is 0 Å². The van der Waals surface area contributed by atoms with E-state index in [1.54, 1.807) is 0 Å². The Labute approximate surface area is 93.0 Å². The van der Waals surface area contributed by atoms with Crippen LogP contribution in [0, 0.1) is 5.92 Å². The summed E-state index contributed by atoms with van der Waals surface area (Å²) in [6.07, 6.45) is 6.05. The lowest BCUT2D eigenvalue weighted by molar-refractivity contribution is -0.0421. The molecular formula is C12H24N2O. The van der Waals surface area contributed by atoms with E-state index < -0.39 is 0 Å². The number of ether oxygens (including phenoxy) is 1. The fourth-order valence-corrected chi connectivity index (χ4v) is 2.85. The van der Waals surface area contributed by atoms with Gasteiger partial charge in [-0.2, -0.15) is 0 Å². The lowest BCUT2D eigenvalue weighted by Crippen LogP contribution is -2.44. The van der Waals surface area contributed by atoms with Crippen molar-refractivity contribution in [3.05, 3.63) is 0 Å². The molecule has 3 nitrogen and oxygen atoms in total. The van der Waals surface area contributed by atoms with E-state index in [-0.39, 0.29) is 0 Å². The number of morpholine rings is 1. The Kier molecular flexibility index (Phi) is 4.00. The summed E-state index contributed by atoms with van der Waals surface area (Å²) in [5.74, 6) is 0.783. The Hall–Kier alpha value is -0.120. The van der Waals surface area contributed by atoms with Gasteiger partial charge in [-0.1, -0.05) is 6.92 Å². The van der Waals surface area contributed by atoms with Crippen LogP contribution in [0.15, 0.2) is 0 Å². The van der Waals surface area contributed by atoms with Gasteiger partial charge < -0.3 is 10.5 Å². The van der Waals surface area contributed by atoms with Crippen molar-refractivity contribution in [2.45, 2.75) is 44.8 Å². The first kappa shape index (κ1) is 11.4. The molecule has 88 valence electrons. The predicted molar refractivity (Wildman–Crippen MR) is 61.8 cm³/mol. The Balaban J connectivity index is 1.70. The zero-order chi connectivity index (χ0) is 10.7. The van der Waals surface area contributed by atoms with Gasteiger partial charge in [0.2, 0.25) is 0 Å². The van der Waals surface area contributed by atoms with Gasteiger partial charge in [0.05, 0.1) is 12.2 Å². The van der Waals surface area contributed by atoms with Crippen LogP contribution in [0.1, 0.15) is 32.6 Å². The van der Waals surface area contributed by atoms with Gasteiger partial charge in [0.15, 0.2) is 0 Å². The Morgan fingerprint density at radius 3 is 2.60 bits per heavy atom. The molecule has 15 heavy (non-hydrogen) atoms. The van der Waals surface area contributed by atoms with Gasteiger partial charge in [0, 0.05) is 19.6 Å². The third-order valence-corrected chi connectivity index (χ3v) is 3.59. The Morgan fingerprint density at radius 1 is 1.33 bits per heavy atom. The van der Waals surface area contributed by atoms with Crippen LogP contribution >= 0.6 is 0 Å². The number of likely N-dealkylation sites (tertiary alicyclic amines) is 1. The number of fused-ring (bicyclic) bond motifs is 2. The van der Waals surface area contributed by atoms with E-state index in [4.69, 9.17) is 10.5 Å². The van der Waals surface area contributed by atoms with E-state index in [0.29, 0.717) is 12.2 Å². The van der Waals surface area contributed by atoms with Crippen LogP contribution < -0.4 is 5.73 Å². The van der Waals surface area contributed by atoms with Crippen LogP contribution in [0.25, 0.3) is 0 Å². The van der Waals surface area contributed by atoms with E-state index in [2.05, 4.69) is 11.8 Å². The third-order valence-electron chi connectivity index (χ3n) is 3.59. The van der Waals surface area contributed by atoms with E-state index in [0.717, 1.165) is 25.6 Å². The predicted octanol–water partition coefficient (Wildman–Crippen LogP) is 1.22. The van der Waals surface area contributed by atoms with Crippen molar-refractivity contribution in [2.75, 3.05) is 26.2 Å². The third kappa shape index (κ3) is 3.16. The summed E-state index contributed by atoms with van der Waals surface area (Å²) < 4.78 is 5.83. The molecular weight excluding hydrogens is 188 g/mol. The quantitative estimate of drug-likeness (QED) is 0.745. The Morgan fingerprint density at radius 2 is 2.00 bits per heavy atom. The second-order valence-corrected chi connectivity index (χ2v) is 5.21. The van der Waals surface area contributed by atoms with Crippen molar-refractivity contribution in [3.8, 4) is 0 Å². The van der Waals surface area contributed by atoms with Crippen molar-refractivity contribution >= 4 is 0 Å². The van der Waals surface area contributed by atoms with E-state index in [1.807, 2.05) is 0 Å². The molecule has 2 fully saturated rings. The molecule has 3 atom stereocenters. The van der Waals surface area contributed by atoms with E-state index in [1.165, 1.54) is 32.2 Å². The lowest BCUT2D eigenvalue weighted by atomic mass is 10.0. The summed E-state index contributed by atoms with van der Waals surface area (Å²) >= 11 is 0. The molecule has 0 aromatic rings. The van der Waals surface area contributed by atoms with Gasteiger partial charge in [0.1, 0.15) is 0 Å². The fourth-order valence-electron chi connectivity index (χ4n) is 2.85. The van der Waals surface area contributed by atoms with Crippen LogP contribution in [-0.4, -0.2) is 43.3 Å². The normalized spacial score (nSPS) is 33.2. The molecule has 0 aliphatic carbocycles. The number of nitrogens with zero attached hydrogens (tertiary/aromatic N) is 1. The number of rotatable bonds is 5. The highest BCUT2D eigenvalue weighted by Gasteiger charge is 2.33. The minimum atomic E-state index is 0.533. The highest BCUT2D eigenvalue weighted by atomic mass is 16.5. The zero-order valence-corrected chi connectivity index (χ0v) is 9.82. The van der Waals surface area contributed by atoms with Crippen molar-refractivity contribution < 1.29 is 4.74 Å².